The van der Waals surface area contributed by atoms with Crippen LogP contribution in [0.1, 0.15) is 42.4 Å². The molecule has 7 heteroatoms. The van der Waals surface area contributed by atoms with Gasteiger partial charge in [-0.25, -0.2) is 8.42 Å². The summed E-state index contributed by atoms with van der Waals surface area (Å²) in [6.07, 6.45) is 3.56. The van der Waals surface area contributed by atoms with Crippen molar-refractivity contribution in [3.8, 4) is 0 Å². The van der Waals surface area contributed by atoms with Crippen molar-refractivity contribution in [3.05, 3.63) is 74.5 Å². The number of aromatic amines is 1. The molecule has 4 rings (SSSR count). The van der Waals surface area contributed by atoms with Gasteiger partial charge in [-0.1, -0.05) is 48.7 Å². The number of para-hydroxylation sites is 1. The van der Waals surface area contributed by atoms with E-state index in [1.54, 1.807) is 18.2 Å². The summed E-state index contributed by atoms with van der Waals surface area (Å²) < 4.78 is 28.6. The largest absolute Gasteiger partial charge is 0.321 e. The molecule has 3 aromatic rings. The van der Waals surface area contributed by atoms with Crippen molar-refractivity contribution in [1.29, 1.82) is 0 Å². The summed E-state index contributed by atoms with van der Waals surface area (Å²) in [5.74, 6) is 0. The van der Waals surface area contributed by atoms with Crippen molar-refractivity contribution in [2.45, 2.75) is 57.0 Å². The third-order valence-electron chi connectivity index (χ3n) is 5.97. The van der Waals surface area contributed by atoms with Crippen LogP contribution in [-0.4, -0.2) is 23.7 Å². The van der Waals surface area contributed by atoms with Crippen LogP contribution in [-0.2, 0) is 16.6 Å². The molecule has 0 unspecified atom stereocenters. The van der Waals surface area contributed by atoms with Crippen LogP contribution in [0.25, 0.3) is 10.9 Å². The molecule has 0 aliphatic heterocycles. The minimum absolute atomic E-state index is 0.0394. The standard InChI is InChI=1S/C23H25ClN2O3S/c1-15-10-11-20(13-21(15)24)30(28,29)26(19-8-3-4-9-19)14-18-12-17-7-5-6-16(2)22(17)25-23(18)27/h5-7,10-13,19H,3-4,8-9,14H2,1-2H3,(H,25,27). The normalized spacial score (nSPS) is 15.3. The maximum absolute atomic E-state index is 13.6. The second-order valence-electron chi connectivity index (χ2n) is 8.06. The minimum Gasteiger partial charge on any atom is -0.321 e. The van der Waals surface area contributed by atoms with E-state index in [9.17, 15) is 13.2 Å². The maximum atomic E-state index is 13.6. The Bertz CT molecular complexity index is 1260. The zero-order chi connectivity index (χ0) is 21.5. The Hall–Kier alpha value is -2.15. The van der Waals surface area contributed by atoms with Gasteiger partial charge >= 0.3 is 0 Å². The quantitative estimate of drug-likeness (QED) is 0.606. The minimum atomic E-state index is -3.80. The third-order valence-corrected chi connectivity index (χ3v) is 8.27. The second-order valence-corrected chi connectivity index (χ2v) is 10.4. The van der Waals surface area contributed by atoms with E-state index in [-0.39, 0.29) is 23.0 Å². The van der Waals surface area contributed by atoms with E-state index in [1.165, 1.54) is 10.4 Å². The molecule has 0 saturated heterocycles. The molecule has 0 spiro atoms. The van der Waals surface area contributed by atoms with Crippen molar-refractivity contribution < 1.29 is 8.42 Å². The van der Waals surface area contributed by atoms with E-state index in [1.807, 2.05) is 32.0 Å². The monoisotopic (exact) mass is 444 g/mol. The fourth-order valence-corrected chi connectivity index (χ4v) is 6.12. The molecule has 1 saturated carbocycles. The highest BCUT2D eigenvalue weighted by atomic mass is 35.5. The molecule has 1 aromatic heterocycles. The molecule has 1 fully saturated rings. The number of aryl methyl sites for hydroxylation is 2. The van der Waals surface area contributed by atoms with Gasteiger partial charge in [-0.05, 0) is 61.4 Å². The van der Waals surface area contributed by atoms with E-state index < -0.39 is 10.0 Å². The molecule has 1 heterocycles. The molecular formula is C23H25ClN2O3S. The number of halogens is 1. The Labute approximate surface area is 181 Å². The van der Waals surface area contributed by atoms with E-state index >= 15 is 0 Å². The summed E-state index contributed by atoms with van der Waals surface area (Å²) in [5.41, 5.74) is 2.78. The lowest BCUT2D eigenvalue weighted by Gasteiger charge is -2.28. The van der Waals surface area contributed by atoms with Crippen molar-refractivity contribution >= 4 is 32.5 Å². The highest BCUT2D eigenvalue weighted by molar-refractivity contribution is 7.89. The first-order valence-electron chi connectivity index (χ1n) is 10.2. The zero-order valence-electron chi connectivity index (χ0n) is 17.1. The van der Waals surface area contributed by atoms with E-state index in [0.717, 1.165) is 47.7 Å². The summed E-state index contributed by atoms with van der Waals surface area (Å²) in [4.78, 5) is 15.9. The third kappa shape index (κ3) is 3.92. The lowest BCUT2D eigenvalue weighted by Crippen LogP contribution is -2.39. The molecule has 158 valence electrons. The summed E-state index contributed by atoms with van der Waals surface area (Å²) >= 11 is 6.21. The van der Waals surface area contributed by atoms with Crippen molar-refractivity contribution in [2.24, 2.45) is 0 Å². The number of nitrogens with zero attached hydrogens (tertiary/aromatic N) is 1. The number of aromatic nitrogens is 1. The number of nitrogens with one attached hydrogen (secondary N) is 1. The molecule has 2 aromatic carbocycles. The van der Waals surface area contributed by atoms with Gasteiger partial charge in [0, 0.05) is 23.2 Å². The first-order chi connectivity index (χ1) is 14.3. The van der Waals surface area contributed by atoms with E-state index in [2.05, 4.69) is 4.98 Å². The van der Waals surface area contributed by atoms with Crippen LogP contribution in [0.5, 0.6) is 0 Å². The maximum Gasteiger partial charge on any atom is 0.252 e. The van der Waals surface area contributed by atoms with Gasteiger partial charge in [0.05, 0.1) is 10.4 Å². The van der Waals surface area contributed by atoms with Gasteiger partial charge in [-0.3, -0.25) is 4.79 Å². The zero-order valence-corrected chi connectivity index (χ0v) is 18.7. The lowest BCUT2D eigenvalue weighted by molar-refractivity contribution is 0.315. The van der Waals surface area contributed by atoms with Crippen LogP contribution in [0.15, 0.2) is 52.2 Å². The Morgan fingerprint density at radius 3 is 2.50 bits per heavy atom. The van der Waals surface area contributed by atoms with Crippen LogP contribution in [0.4, 0.5) is 0 Å². The molecule has 0 radical (unpaired) electrons. The Morgan fingerprint density at radius 2 is 1.80 bits per heavy atom. The van der Waals surface area contributed by atoms with Crippen molar-refractivity contribution in [2.75, 3.05) is 0 Å². The van der Waals surface area contributed by atoms with Gasteiger partial charge in [0.25, 0.3) is 5.56 Å². The van der Waals surface area contributed by atoms with E-state index in [0.29, 0.717) is 10.6 Å². The van der Waals surface area contributed by atoms with Gasteiger partial charge in [0.2, 0.25) is 10.0 Å². The summed E-state index contributed by atoms with van der Waals surface area (Å²) in [6.45, 7) is 3.82. The van der Waals surface area contributed by atoms with Crippen molar-refractivity contribution in [1.82, 2.24) is 9.29 Å². The number of H-pyrrole nitrogens is 1. The molecule has 1 N–H and O–H groups in total. The van der Waals surface area contributed by atoms with Crippen LogP contribution in [0.3, 0.4) is 0 Å². The smallest absolute Gasteiger partial charge is 0.252 e. The average Bonchev–Trinajstić information content (AvgIpc) is 3.23. The van der Waals surface area contributed by atoms with Crippen LogP contribution in [0.2, 0.25) is 5.02 Å². The Balaban J connectivity index is 1.79. The lowest BCUT2D eigenvalue weighted by atomic mass is 10.1. The number of hydrogen-bond donors (Lipinski definition) is 1. The molecule has 1 aliphatic carbocycles. The number of rotatable bonds is 5. The molecule has 0 atom stereocenters. The molecular weight excluding hydrogens is 420 g/mol. The highest BCUT2D eigenvalue weighted by Gasteiger charge is 2.34. The Morgan fingerprint density at radius 1 is 1.07 bits per heavy atom. The number of fused-ring (bicyclic) bond motifs is 1. The van der Waals surface area contributed by atoms with Gasteiger partial charge in [0.15, 0.2) is 0 Å². The van der Waals surface area contributed by atoms with Crippen LogP contribution in [0, 0.1) is 13.8 Å². The van der Waals surface area contributed by atoms with Crippen molar-refractivity contribution in [3.63, 3.8) is 0 Å². The Kier molecular flexibility index (Phi) is 5.75. The molecule has 1 aliphatic rings. The fourth-order valence-electron chi connectivity index (χ4n) is 4.19. The first kappa shape index (κ1) is 21.1. The molecule has 5 nitrogen and oxygen atoms in total. The SMILES string of the molecule is Cc1ccc(S(=O)(=O)N(Cc2cc3cccc(C)c3[nH]c2=O)C2CCCC2)cc1Cl. The first-order valence-corrected chi connectivity index (χ1v) is 12.0. The molecule has 0 amide bonds. The van der Waals surface area contributed by atoms with Gasteiger partial charge in [-0.2, -0.15) is 4.31 Å². The topological polar surface area (TPSA) is 70.2 Å². The summed E-state index contributed by atoms with van der Waals surface area (Å²) in [5, 5.41) is 1.31. The average molecular weight is 445 g/mol. The highest BCUT2D eigenvalue weighted by Crippen LogP contribution is 2.31. The fraction of sp³-hybridized carbons (Fsp3) is 0.348. The second kappa shape index (κ2) is 8.17. The van der Waals surface area contributed by atoms with E-state index in [4.69, 9.17) is 11.6 Å². The molecule has 30 heavy (non-hydrogen) atoms. The van der Waals surface area contributed by atoms with Gasteiger partial charge in [0.1, 0.15) is 0 Å². The number of sulfonamides is 1. The van der Waals surface area contributed by atoms with Crippen LogP contribution < -0.4 is 5.56 Å². The summed E-state index contributed by atoms with van der Waals surface area (Å²) in [7, 11) is -3.80. The predicted molar refractivity (Wildman–Crippen MR) is 120 cm³/mol. The number of pyridine rings is 1. The molecule has 0 bridgehead atoms. The summed E-state index contributed by atoms with van der Waals surface area (Å²) in [6, 6.07) is 12.3. The number of hydrogen-bond acceptors (Lipinski definition) is 3. The van der Waals surface area contributed by atoms with Gasteiger partial charge < -0.3 is 4.98 Å². The van der Waals surface area contributed by atoms with Crippen LogP contribution >= 0.6 is 11.6 Å². The number of benzene rings is 2. The van der Waals surface area contributed by atoms with Gasteiger partial charge in [-0.15, -0.1) is 0 Å². The predicted octanol–water partition coefficient (Wildman–Crippen LogP) is 4.93.